The number of unbranched alkanes of at least 4 members (excludes halogenated alkanes) is 23. The maximum Gasteiger partial charge on any atom is 0.339 e. The van der Waals surface area contributed by atoms with E-state index in [4.69, 9.17) is 14.2 Å². The predicted octanol–water partition coefficient (Wildman–Crippen LogP) is 14.8. The van der Waals surface area contributed by atoms with Crippen LogP contribution in [0, 0.1) is 11.8 Å². The molecule has 1 aromatic carbocycles. The van der Waals surface area contributed by atoms with Crippen LogP contribution in [0.5, 0.6) is 0 Å². The van der Waals surface area contributed by atoms with Crippen LogP contribution in [0.3, 0.4) is 0 Å². The van der Waals surface area contributed by atoms with Crippen molar-refractivity contribution >= 4 is 17.9 Å². The summed E-state index contributed by atoms with van der Waals surface area (Å²) in [7, 11) is 0. The van der Waals surface area contributed by atoms with E-state index in [-0.39, 0.29) is 22.6 Å². The Labute approximate surface area is 352 Å². The SMILES string of the molecule is CC(C)CCCCCOC(=O)c1ccccc1C(=O)OCCCCCC(C)C.CCCCCCCCCCCCCCCCCC(=O)OCCCCCCCC.O. The maximum atomic E-state index is 12.4. The molecule has 0 saturated carbocycles. The predicted molar refractivity (Wildman–Crippen MR) is 241 cm³/mol. The van der Waals surface area contributed by atoms with Crippen molar-refractivity contribution in [2.75, 3.05) is 19.8 Å². The summed E-state index contributed by atoms with van der Waals surface area (Å²) in [4.78, 5) is 36.4. The van der Waals surface area contributed by atoms with Gasteiger partial charge in [-0.05, 0) is 49.7 Å². The molecule has 0 bridgehead atoms. The largest absolute Gasteiger partial charge is 0.466 e. The second-order valence-corrected chi connectivity index (χ2v) is 17.0. The number of ether oxygens (including phenoxy) is 3. The molecular formula is C50H92O7. The molecule has 0 atom stereocenters. The summed E-state index contributed by atoms with van der Waals surface area (Å²) in [5.41, 5.74) is 0.573. The van der Waals surface area contributed by atoms with Crippen molar-refractivity contribution in [2.24, 2.45) is 11.8 Å². The van der Waals surface area contributed by atoms with Gasteiger partial charge in [-0.1, -0.05) is 214 Å². The van der Waals surface area contributed by atoms with Gasteiger partial charge < -0.3 is 19.7 Å². The molecule has 0 aliphatic heterocycles. The fourth-order valence-corrected chi connectivity index (χ4v) is 6.77. The summed E-state index contributed by atoms with van der Waals surface area (Å²) < 4.78 is 16.0. The zero-order chi connectivity index (χ0) is 41.3. The van der Waals surface area contributed by atoms with Crippen LogP contribution in [0.15, 0.2) is 24.3 Å². The smallest absolute Gasteiger partial charge is 0.339 e. The van der Waals surface area contributed by atoms with Gasteiger partial charge in [0.25, 0.3) is 0 Å². The highest BCUT2D eigenvalue weighted by Gasteiger charge is 2.19. The summed E-state index contributed by atoms with van der Waals surface area (Å²) in [6.07, 6.45) is 37.0. The highest BCUT2D eigenvalue weighted by Crippen LogP contribution is 2.16. The van der Waals surface area contributed by atoms with Crippen molar-refractivity contribution in [1.29, 1.82) is 0 Å². The van der Waals surface area contributed by atoms with Crippen LogP contribution in [-0.2, 0) is 19.0 Å². The second-order valence-electron chi connectivity index (χ2n) is 17.0. The number of carbonyl (C=O) groups is 3. The van der Waals surface area contributed by atoms with E-state index in [9.17, 15) is 14.4 Å². The first-order valence-electron chi connectivity index (χ1n) is 23.8. The Hall–Kier alpha value is -2.41. The summed E-state index contributed by atoms with van der Waals surface area (Å²) >= 11 is 0. The van der Waals surface area contributed by atoms with E-state index in [0.29, 0.717) is 38.1 Å². The van der Waals surface area contributed by atoms with Gasteiger partial charge in [0.05, 0.1) is 30.9 Å². The lowest BCUT2D eigenvalue weighted by molar-refractivity contribution is -0.143. The number of benzene rings is 1. The van der Waals surface area contributed by atoms with Crippen LogP contribution in [0.25, 0.3) is 0 Å². The van der Waals surface area contributed by atoms with Gasteiger partial charge >= 0.3 is 17.9 Å². The molecule has 0 aliphatic rings. The van der Waals surface area contributed by atoms with Crippen molar-refractivity contribution in [1.82, 2.24) is 0 Å². The Kier molecular flexibility index (Phi) is 42.9. The average molecular weight is 805 g/mol. The summed E-state index contributed by atoms with van der Waals surface area (Å²) in [5.74, 6) is 0.524. The van der Waals surface area contributed by atoms with Crippen LogP contribution >= 0.6 is 0 Å². The van der Waals surface area contributed by atoms with Crippen molar-refractivity contribution in [3.8, 4) is 0 Å². The van der Waals surface area contributed by atoms with Crippen LogP contribution < -0.4 is 0 Å². The Morgan fingerprint density at radius 1 is 0.421 bits per heavy atom. The van der Waals surface area contributed by atoms with Gasteiger partial charge in [-0.3, -0.25) is 4.79 Å². The van der Waals surface area contributed by atoms with Gasteiger partial charge in [0, 0.05) is 6.42 Å². The van der Waals surface area contributed by atoms with Gasteiger partial charge in [0.2, 0.25) is 0 Å². The number of hydrogen-bond acceptors (Lipinski definition) is 6. The normalized spacial score (nSPS) is 10.9. The van der Waals surface area contributed by atoms with Crippen molar-refractivity contribution < 1.29 is 34.1 Å². The van der Waals surface area contributed by atoms with Gasteiger partial charge in [0.1, 0.15) is 0 Å². The molecule has 2 N–H and O–H groups in total. The topological polar surface area (TPSA) is 110 Å². The number of rotatable bonds is 37. The Balaban J connectivity index is 0. The third-order valence-corrected chi connectivity index (χ3v) is 10.4. The lowest BCUT2D eigenvalue weighted by Crippen LogP contribution is -2.15. The summed E-state index contributed by atoms with van der Waals surface area (Å²) in [6, 6.07) is 6.73. The lowest BCUT2D eigenvalue weighted by Gasteiger charge is -2.10. The third-order valence-electron chi connectivity index (χ3n) is 10.4. The summed E-state index contributed by atoms with van der Waals surface area (Å²) in [5, 5.41) is 0. The molecule has 1 rings (SSSR count). The van der Waals surface area contributed by atoms with Crippen LogP contribution in [0.2, 0.25) is 0 Å². The molecule has 57 heavy (non-hydrogen) atoms. The van der Waals surface area contributed by atoms with Crippen molar-refractivity contribution in [3.05, 3.63) is 35.4 Å². The highest BCUT2D eigenvalue weighted by atomic mass is 16.5. The van der Waals surface area contributed by atoms with Crippen LogP contribution in [0.1, 0.15) is 255 Å². The standard InChI is InChI=1S/C26H52O2.C24H38O4.H2O/c1-3-5-7-9-11-12-13-14-15-16-17-18-19-20-22-24-26(27)28-25-23-21-10-8-6-4-2;1-19(2)13-7-5-11-17-27-23(25)21-15-9-10-16-22(21)24(26)28-18-12-6-8-14-20(3)4;/h3-25H2,1-2H3;9-10,15-16,19-20H,5-8,11-14,17-18H2,1-4H3;1H2. The first kappa shape index (κ1) is 56.7. The first-order chi connectivity index (χ1) is 27.2. The number of esters is 3. The van der Waals surface area contributed by atoms with E-state index in [1.54, 1.807) is 24.3 Å². The molecule has 0 saturated heterocycles. The van der Waals surface area contributed by atoms with Gasteiger partial charge in [-0.15, -0.1) is 0 Å². The zero-order valence-electron chi connectivity index (χ0n) is 38.2. The Bertz CT molecular complexity index is 986. The van der Waals surface area contributed by atoms with Crippen molar-refractivity contribution in [3.63, 3.8) is 0 Å². The van der Waals surface area contributed by atoms with Crippen LogP contribution in [0.4, 0.5) is 0 Å². The van der Waals surface area contributed by atoms with E-state index < -0.39 is 11.9 Å². The molecule has 0 amide bonds. The molecular weight excluding hydrogens is 713 g/mol. The molecule has 0 aliphatic carbocycles. The quantitative estimate of drug-likeness (QED) is 0.0376. The van der Waals surface area contributed by atoms with Gasteiger partial charge in [-0.25, -0.2) is 9.59 Å². The monoisotopic (exact) mass is 805 g/mol. The minimum absolute atomic E-state index is 0. The Morgan fingerprint density at radius 3 is 1.07 bits per heavy atom. The summed E-state index contributed by atoms with van der Waals surface area (Å²) in [6.45, 7) is 14.8. The molecule has 7 heteroatoms. The van der Waals surface area contributed by atoms with Gasteiger partial charge in [0.15, 0.2) is 0 Å². The fraction of sp³-hybridized carbons (Fsp3) is 0.820. The minimum Gasteiger partial charge on any atom is -0.466 e. The molecule has 0 spiro atoms. The first-order valence-corrected chi connectivity index (χ1v) is 23.8. The molecule has 334 valence electrons. The van der Waals surface area contributed by atoms with Gasteiger partial charge in [-0.2, -0.15) is 0 Å². The van der Waals surface area contributed by atoms with E-state index in [1.165, 1.54) is 135 Å². The molecule has 0 fully saturated rings. The average Bonchev–Trinajstić information content (AvgIpc) is 3.18. The van der Waals surface area contributed by atoms with E-state index >= 15 is 0 Å². The molecule has 0 unspecified atom stereocenters. The molecule has 0 heterocycles. The lowest BCUT2D eigenvalue weighted by atomic mass is 10.0. The second kappa shape index (κ2) is 43.2. The molecule has 7 nitrogen and oxygen atoms in total. The van der Waals surface area contributed by atoms with E-state index in [0.717, 1.165) is 51.4 Å². The molecule has 0 radical (unpaired) electrons. The Morgan fingerprint density at radius 2 is 0.719 bits per heavy atom. The third kappa shape index (κ3) is 38.9. The maximum absolute atomic E-state index is 12.4. The zero-order valence-corrected chi connectivity index (χ0v) is 38.2. The molecule has 0 aromatic heterocycles. The fourth-order valence-electron chi connectivity index (χ4n) is 6.77. The van der Waals surface area contributed by atoms with Crippen LogP contribution in [-0.4, -0.2) is 43.2 Å². The number of carbonyl (C=O) groups excluding carboxylic acids is 3. The highest BCUT2D eigenvalue weighted by molar-refractivity contribution is 6.03. The minimum atomic E-state index is -0.451. The van der Waals surface area contributed by atoms with E-state index in [2.05, 4.69) is 41.5 Å². The van der Waals surface area contributed by atoms with E-state index in [1.807, 2.05) is 0 Å². The molecule has 1 aromatic rings. The van der Waals surface area contributed by atoms with Crippen molar-refractivity contribution in [2.45, 2.75) is 234 Å². The number of hydrogen-bond donors (Lipinski definition) is 0.